The second-order valence-corrected chi connectivity index (χ2v) is 1.58. The van der Waals surface area contributed by atoms with Gasteiger partial charge in [0, 0.05) is 0 Å². The molecule has 8 nitrogen and oxygen atoms in total. The van der Waals surface area contributed by atoms with Gasteiger partial charge in [0.1, 0.15) is 0 Å². The van der Waals surface area contributed by atoms with Crippen molar-refractivity contribution in [3.05, 3.63) is 0 Å². The summed E-state index contributed by atoms with van der Waals surface area (Å²) in [5, 5.41) is 13.3. The maximum atomic E-state index is 4.96. The molecular formula is C4H12Cl2N8. The van der Waals surface area contributed by atoms with Crippen LogP contribution in [0.25, 0.3) is 0 Å². The van der Waals surface area contributed by atoms with E-state index in [1.165, 1.54) is 12.4 Å². The number of hydrogen-bond donors (Lipinski definition) is 4. The maximum Gasteiger partial charge on any atom is 0.211 e. The molecule has 0 aliphatic carbocycles. The van der Waals surface area contributed by atoms with Gasteiger partial charge in [-0.15, -0.1) is 35.0 Å². The molecule has 0 heterocycles. The molecule has 0 aromatic carbocycles. The molecule has 0 aromatic heterocycles. The van der Waals surface area contributed by atoms with E-state index in [9.17, 15) is 0 Å². The van der Waals surface area contributed by atoms with E-state index >= 15 is 0 Å². The van der Waals surface area contributed by atoms with Gasteiger partial charge in [0.2, 0.25) is 11.9 Å². The predicted octanol–water partition coefficient (Wildman–Crippen LogP) is -1.65. The van der Waals surface area contributed by atoms with Crippen LogP contribution in [0.15, 0.2) is 20.4 Å². The second kappa shape index (κ2) is 11.5. The molecule has 0 amide bonds. The van der Waals surface area contributed by atoms with Crippen LogP contribution in [0.3, 0.4) is 0 Å². The minimum absolute atomic E-state index is 0. The summed E-state index contributed by atoms with van der Waals surface area (Å²) in [6.07, 6.45) is 2.46. The number of nitrogens with two attached hydrogens (primary N) is 4. The van der Waals surface area contributed by atoms with E-state index in [4.69, 9.17) is 22.9 Å². The SMILES string of the molecule is Cl.Cl.NC(N)=N/N=C/C=N/N=C(N)N. The molecule has 0 aromatic rings. The molecule has 14 heavy (non-hydrogen) atoms. The van der Waals surface area contributed by atoms with Crippen LogP contribution in [0.5, 0.6) is 0 Å². The van der Waals surface area contributed by atoms with Gasteiger partial charge in [0.15, 0.2) is 0 Å². The Morgan fingerprint density at radius 3 is 1.21 bits per heavy atom. The number of nitrogens with zero attached hydrogens (tertiary/aromatic N) is 4. The van der Waals surface area contributed by atoms with Crippen LogP contribution in [0.4, 0.5) is 0 Å². The number of halogens is 2. The second-order valence-electron chi connectivity index (χ2n) is 1.58. The Bertz CT molecular complexity index is 210. The van der Waals surface area contributed by atoms with Gasteiger partial charge in [0.05, 0.1) is 12.4 Å². The van der Waals surface area contributed by atoms with E-state index in [1.54, 1.807) is 0 Å². The third-order valence-electron chi connectivity index (χ3n) is 0.546. The topological polar surface area (TPSA) is 154 Å². The first-order valence-corrected chi connectivity index (χ1v) is 2.85. The molecule has 0 atom stereocenters. The molecule has 0 fully saturated rings. The van der Waals surface area contributed by atoms with Crippen molar-refractivity contribution < 1.29 is 0 Å². The van der Waals surface area contributed by atoms with Crippen LogP contribution in [0, 0.1) is 0 Å². The summed E-state index contributed by atoms with van der Waals surface area (Å²) in [6.45, 7) is 0. The van der Waals surface area contributed by atoms with Crippen molar-refractivity contribution in [2.24, 2.45) is 43.3 Å². The van der Waals surface area contributed by atoms with Gasteiger partial charge in [-0.1, -0.05) is 0 Å². The first kappa shape index (κ1) is 18.3. The smallest absolute Gasteiger partial charge is 0.211 e. The van der Waals surface area contributed by atoms with Crippen molar-refractivity contribution in [2.45, 2.75) is 0 Å². The Balaban J connectivity index is -0.000000605. The normalized spacial score (nSPS) is 8.86. The summed E-state index contributed by atoms with van der Waals surface area (Å²) in [7, 11) is 0. The molecule has 0 rings (SSSR count). The van der Waals surface area contributed by atoms with Crippen molar-refractivity contribution in [2.75, 3.05) is 0 Å². The molecule has 0 radical (unpaired) electrons. The summed E-state index contributed by atoms with van der Waals surface area (Å²) < 4.78 is 0. The van der Waals surface area contributed by atoms with Crippen molar-refractivity contribution in [1.29, 1.82) is 0 Å². The fourth-order valence-corrected chi connectivity index (χ4v) is 0.260. The zero-order chi connectivity index (χ0) is 9.40. The maximum absolute atomic E-state index is 4.96. The minimum Gasteiger partial charge on any atom is -0.369 e. The largest absolute Gasteiger partial charge is 0.369 e. The summed E-state index contributed by atoms with van der Waals surface area (Å²) in [5.41, 5.74) is 19.8. The molecule has 10 heteroatoms. The van der Waals surface area contributed by atoms with Crippen molar-refractivity contribution in [3.63, 3.8) is 0 Å². The molecule has 0 aliphatic rings. The van der Waals surface area contributed by atoms with Crippen LogP contribution in [-0.4, -0.2) is 24.3 Å². The summed E-state index contributed by atoms with van der Waals surface area (Å²) >= 11 is 0. The van der Waals surface area contributed by atoms with Crippen molar-refractivity contribution in [3.8, 4) is 0 Å². The van der Waals surface area contributed by atoms with E-state index in [0.717, 1.165) is 0 Å². The van der Waals surface area contributed by atoms with Crippen molar-refractivity contribution in [1.82, 2.24) is 0 Å². The van der Waals surface area contributed by atoms with Gasteiger partial charge in [-0.05, 0) is 0 Å². The lowest BCUT2D eigenvalue weighted by molar-refractivity contribution is 1.21. The third kappa shape index (κ3) is 16.8. The van der Waals surface area contributed by atoms with Crippen LogP contribution >= 0.6 is 24.8 Å². The fraction of sp³-hybridized carbons (Fsp3) is 0. The fourth-order valence-electron chi connectivity index (χ4n) is 0.260. The zero-order valence-corrected chi connectivity index (χ0v) is 8.70. The lowest BCUT2D eigenvalue weighted by atomic mass is 10.8. The first-order chi connectivity index (χ1) is 5.63. The Hall–Kier alpha value is -1.54. The molecule has 0 unspecified atom stereocenters. The molecule has 0 saturated heterocycles. The lowest BCUT2D eigenvalue weighted by Crippen LogP contribution is -2.22. The van der Waals surface area contributed by atoms with Gasteiger partial charge >= 0.3 is 0 Å². The number of hydrogen-bond acceptors (Lipinski definition) is 4. The first-order valence-electron chi connectivity index (χ1n) is 2.85. The molecule has 0 aliphatic heterocycles. The van der Waals surface area contributed by atoms with Crippen molar-refractivity contribution >= 4 is 49.2 Å². The van der Waals surface area contributed by atoms with E-state index in [-0.39, 0.29) is 36.7 Å². The monoisotopic (exact) mass is 242 g/mol. The Morgan fingerprint density at radius 2 is 1.00 bits per heavy atom. The quantitative estimate of drug-likeness (QED) is 0.266. The average molecular weight is 243 g/mol. The highest BCUT2D eigenvalue weighted by Crippen LogP contribution is 1.67. The van der Waals surface area contributed by atoms with E-state index in [1.807, 2.05) is 0 Å². The Labute approximate surface area is 93.0 Å². The van der Waals surface area contributed by atoms with Gasteiger partial charge in [-0.3, -0.25) is 0 Å². The van der Waals surface area contributed by atoms with Gasteiger partial charge < -0.3 is 22.9 Å². The highest BCUT2D eigenvalue weighted by atomic mass is 35.5. The molecule has 0 bridgehead atoms. The highest BCUT2D eigenvalue weighted by Gasteiger charge is 1.72. The van der Waals surface area contributed by atoms with Crippen LogP contribution < -0.4 is 22.9 Å². The summed E-state index contributed by atoms with van der Waals surface area (Å²) in [5.74, 6) is -0.275. The Kier molecular flexibility index (Phi) is 15.0. The van der Waals surface area contributed by atoms with E-state index in [0.29, 0.717) is 0 Å². The zero-order valence-electron chi connectivity index (χ0n) is 7.07. The third-order valence-corrected chi connectivity index (χ3v) is 0.546. The van der Waals surface area contributed by atoms with Crippen LogP contribution in [0.1, 0.15) is 0 Å². The van der Waals surface area contributed by atoms with Crippen LogP contribution in [0.2, 0.25) is 0 Å². The highest BCUT2D eigenvalue weighted by molar-refractivity contribution is 6.16. The number of rotatable bonds is 3. The average Bonchev–Trinajstić information content (AvgIpc) is 1.95. The predicted molar refractivity (Wildman–Crippen MR) is 63.1 cm³/mol. The molecule has 8 N–H and O–H groups in total. The van der Waals surface area contributed by atoms with Crippen LogP contribution in [-0.2, 0) is 0 Å². The summed E-state index contributed by atoms with van der Waals surface area (Å²) in [6, 6.07) is 0. The van der Waals surface area contributed by atoms with E-state index in [2.05, 4.69) is 20.4 Å². The Morgan fingerprint density at radius 1 is 0.714 bits per heavy atom. The molecule has 0 saturated carbocycles. The molecule has 0 spiro atoms. The summed E-state index contributed by atoms with van der Waals surface area (Å²) in [4.78, 5) is 0. The van der Waals surface area contributed by atoms with E-state index < -0.39 is 0 Å². The van der Waals surface area contributed by atoms with Gasteiger partial charge in [0.25, 0.3) is 0 Å². The minimum atomic E-state index is -0.138. The lowest BCUT2D eigenvalue weighted by Gasteiger charge is -1.81. The van der Waals surface area contributed by atoms with Gasteiger partial charge in [-0.2, -0.15) is 10.2 Å². The van der Waals surface area contributed by atoms with Gasteiger partial charge in [-0.25, -0.2) is 0 Å². The molecule has 82 valence electrons. The number of guanidine groups is 2. The molecular weight excluding hydrogens is 231 g/mol. The standard InChI is InChI=1S/C4H10N8.2ClH/c5-3(6)11-9-1-2-10-12-4(7)8;;/h1-2H,(H4,5,6,11)(H4,7,8,12);2*1H/b9-1+,10-2+;;.